The summed E-state index contributed by atoms with van der Waals surface area (Å²) in [6.45, 7) is 0. The van der Waals surface area contributed by atoms with Crippen molar-refractivity contribution in [2.45, 2.75) is 94.2 Å². The summed E-state index contributed by atoms with van der Waals surface area (Å²) in [5, 5.41) is 20.7. The van der Waals surface area contributed by atoms with Gasteiger partial charge in [-0.25, -0.2) is 9.78 Å². The quantitative estimate of drug-likeness (QED) is 0.268. The van der Waals surface area contributed by atoms with Crippen LogP contribution < -0.4 is 21.3 Å². The number of nitrogens with zero attached hydrogens (tertiary/aromatic N) is 3. The molecule has 9 nitrogen and oxygen atoms in total. The largest absolute Gasteiger partial charge is 0.351 e. The van der Waals surface area contributed by atoms with Crippen molar-refractivity contribution in [3.8, 4) is 0 Å². The molecule has 1 aromatic carbocycles. The van der Waals surface area contributed by atoms with Crippen LogP contribution in [0.15, 0.2) is 48.7 Å². The number of benzene rings is 1. The number of anilines is 3. The maximum Gasteiger partial charge on any atom is 0.315 e. The summed E-state index contributed by atoms with van der Waals surface area (Å²) in [7, 11) is 0. The van der Waals surface area contributed by atoms with Gasteiger partial charge in [0, 0.05) is 42.0 Å². The zero-order valence-corrected chi connectivity index (χ0v) is 21.8. The maximum atomic E-state index is 12.5. The number of amides is 2. The van der Waals surface area contributed by atoms with Gasteiger partial charge >= 0.3 is 6.03 Å². The standard InChI is InChI=1S/C29H38N8O/c38-29(33-24-16-21(17-24)19-6-2-1-3-7-19)32-23-12-10-22(11-13-23)31-28-30-15-14-26(35-28)34-27-18-25(36-37-27)20-8-4-5-9-20/h1-3,6-7,14-15,18,20-24H,4-5,8-13,16-17H2,(H2,32,33,38)(H3,30,31,34,35,36,37)/t21-,22-,23-,24-. The van der Waals surface area contributed by atoms with Crippen LogP contribution >= 0.6 is 0 Å². The molecule has 38 heavy (non-hydrogen) atoms. The SMILES string of the molecule is O=C(N[C@H]1CC[C@H](Nc2nccc(Nc3cc(C4CCCC4)[nH]n3)n2)CC1)N[C@H]1C[C@H](c2ccccc2)C1. The first-order valence-electron chi connectivity index (χ1n) is 14.2. The monoisotopic (exact) mass is 514 g/mol. The van der Waals surface area contributed by atoms with Crippen molar-refractivity contribution in [3.63, 3.8) is 0 Å². The molecule has 0 unspecified atom stereocenters. The van der Waals surface area contributed by atoms with E-state index in [2.05, 4.69) is 71.8 Å². The first kappa shape index (κ1) is 24.7. The lowest BCUT2D eigenvalue weighted by Gasteiger charge is -2.37. The van der Waals surface area contributed by atoms with E-state index >= 15 is 0 Å². The highest BCUT2D eigenvalue weighted by Gasteiger charge is 2.32. The number of urea groups is 1. The Bertz CT molecular complexity index is 1190. The molecule has 3 aliphatic rings. The van der Waals surface area contributed by atoms with Crippen LogP contribution in [0.1, 0.15) is 87.3 Å². The van der Waals surface area contributed by atoms with E-state index in [0.29, 0.717) is 23.8 Å². The van der Waals surface area contributed by atoms with Gasteiger partial charge < -0.3 is 21.3 Å². The predicted octanol–water partition coefficient (Wildman–Crippen LogP) is 5.57. The summed E-state index contributed by atoms with van der Waals surface area (Å²) in [4.78, 5) is 21.6. The van der Waals surface area contributed by atoms with E-state index in [1.54, 1.807) is 6.20 Å². The molecule has 0 spiro atoms. The Morgan fingerprint density at radius 1 is 0.816 bits per heavy atom. The molecule has 3 aliphatic carbocycles. The van der Waals surface area contributed by atoms with Gasteiger partial charge in [0.25, 0.3) is 0 Å². The highest BCUT2D eigenvalue weighted by Crippen LogP contribution is 2.37. The highest BCUT2D eigenvalue weighted by atomic mass is 16.2. The molecule has 2 amide bonds. The third-order valence-corrected chi connectivity index (χ3v) is 8.44. The van der Waals surface area contributed by atoms with Gasteiger partial charge in [0.05, 0.1) is 0 Å². The fourth-order valence-corrected chi connectivity index (χ4v) is 6.19. The molecule has 0 aliphatic heterocycles. The van der Waals surface area contributed by atoms with Crippen LogP contribution in [0.5, 0.6) is 0 Å². The van der Waals surface area contributed by atoms with Crippen LogP contribution in [0, 0.1) is 0 Å². The molecule has 2 aromatic heterocycles. The van der Waals surface area contributed by atoms with Gasteiger partial charge in [0.1, 0.15) is 5.82 Å². The van der Waals surface area contributed by atoms with Crippen molar-refractivity contribution in [1.82, 2.24) is 30.8 Å². The topological polar surface area (TPSA) is 120 Å². The normalized spacial score (nSPS) is 25.4. The van der Waals surface area contributed by atoms with Gasteiger partial charge in [-0.15, -0.1) is 0 Å². The van der Waals surface area contributed by atoms with Crippen molar-refractivity contribution in [2.75, 3.05) is 10.6 Å². The van der Waals surface area contributed by atoms with Gasteiger partial charge in [0.15, 0.2) is 5.82 Å². The van der Waals surface area contributed by atoms with E-state index < -0.39 is 0 Å². The summed E-state index contributed by atoms with van der Waals surface area (Å²) in [6.07, 6.45) is 12.7. The zero-order valence-electron chi connectivity index (χ0n) is 21.8. The molecule has 5 N–H and O–H groups in total. The van der Waals surface area contributed by atoms with E-state index in [1.807, 2.05) is 12.1 Å². The Labute approximate surface area is 224 Å². The van der Waals surface area contributed by atoms with E-state index in [-0.39, 0.29) is 18.1 Å². The van der Waals surface area contributed by atoms with E-state index in [9.17, 15) is 4.79 Å². The second kappa shape index (κ2) is 11.4. The number of H-pyrrole nitrogens is 1. The lowest BCUT2D eigenvalue weighted by atomic mass is 9.76. The molecule has 0 saturated heterocycles. The second-order valence-corrected chi connectivity index (χ2v) is 11.2. The first-order chi connectivity index (χ1) is 18.7. The number of rotatable bonds is 8. The minimum Gasteiger partial charge on any atom is -0.351 e. The number of aromatic amines is 1. The molecule has 3 saturated carbocycles. The Morgan fingerprint density at radius 3 is 2.34 bits per heavy atom. The van der Waals surface area contributed by atoms with Gasteiger partial charge in [-0.2, -0.15) is 10.1 Å². The van der Waals surface area contributed by atoms with Crippen LogP contribution in [0.3, 0.4) is 0 Å². The first-order valence-corrected chi connectivity index (χ1v) is 14.2. The lowest BCUT2D eigenvalue weighted by Crippen LogP contribution is -2.51. The van der Waals surface area contributed by atoms with Gasteiger partial charge in [-0.1, -0.05) is 43.2 Å². The number of carbonyl (C=O) groups excluding carboxylic acids is 1. The average molecular weight is 515 g/mol. The average Bonchev–Trinajstić information content (AvgIpc) is 3.60. The fourth-order valence-electron chi connectivity index (χ4n) is 6.19. The summed E-state index contributed by atoms with van der Waals surface area (Å²) in [5.41, 5.74) is 2.58. The Morgan fingerprint density at radius 2 is 1.55 bits per heavy atom. The lowest BCUT2D eigenvalue weighted by molar-refractivity contribution is 0.214. The summed E-state index contributed by atoms with van der Waals surface area (Å²) < 4.78 is 0. The Kier molecular flexibility index (Phi) is 7.42. The molecule has 200 valence electrons. The summed E-state index contributed by atoms with van der Waals surface area (Å²) >= 11 is 0. The van der Waals surface area contributed by atoms with Crippen molar-refractivity contribution in [3.05, 3.63) is 59.9 Å². The number of aromatic nitrogens is 4. The van der Waals surface area contributed by atoms with Crippen molar-refractivity contribution in [1.29, 1.82) is 0 Å². The maximum absolute atomic E-state index is 12.5. The van der Waals surface area contributed by atoms with E-state index in [0.717, 1.165) is 50.2 Å². The molecule has 0 atom stereocenters. The molecule has 6 rings (SSSR count). The summed E-state index contributed by atoms with van der Waals surface area (Å²) in [5.74, 6) is 3.30. The number of nitrogens with one attached hydrogen (secondary N) is 5. The molecule has 3 aromatic rings. The van der Waals surface area contributed by atoms with Gasteiger partial charge in [0.2, 0.25) is 5.95 Å². The van der Waals surface area contributed by atoms with Crippen LogP contribution in [-0.2, 0) is 0 Å². The minimum atomic E-state index is -0.0329. The number of carbonyl (C=O) groups is 1. The van der Waals surface area contributed by atoms with Crippen molar-refractivity contribution in [2.24, 2.45) is 0 Å². The molecule has 2 heterocycles. The second-order valence-electron chi connectivity index (χ2n) is 11.2. The summed E-state index contributed by atoms with van der Waals surface area (Å²) in [6, 6.07) is 15.3. The Balaban J connectivity index is 0.917. The highest BCUT2D eigenvalue weighted by molar-refractivity contribution is 5.74. The molecule has 9 heteroatoms. The molecule has 3 fully saturated rings. The third kappa shape index (κ3) is 6.09. The van der Waals surface area contributed by atoms with Crippen molar-refractivity contribution < 1.29 is 4.79 Å². The van der Waals surface area contributed by atoms with Crippen LogP contribution in [0.2, 0.25) is 0 Å². The minimum absolute atomic E-state index is 0.0329. The van der Waals surface area contributed by atoms with Crippen LogP contribution in [-0.4, -0.2) is 44.3 Å². The van der Waals surface area contributed by atoms with Gasteiger partial charge in [-0.3, -0.25) is 5.10 Å². The van der Waals surface area contributed by atoms with Gasteiger partial charge in [-0.05, 0) is 68.9 Å². The smallest absolute Gasteiger partial charge is 0.315 e. The molecular formula is C29H38N8O. The fraction of sp³-hybridized carbons (Fsp3) is 0.517. The third-order valence-electron chi connectivity index (χ3n) is 8.44. The Hall–Kier alpha value is -3.62. The molecule has 0 bridgehead atoms. The molecule has 0 radical (unpaired) electrons. The number of hydrogen-bond acceptors (Lipinski definition) is 6. The molecular weight excluding hydrogens is 476 g/mol. The van der Waals surface area contributed by atoms with Crippen molar-refractivity contribution >= 4 is 23.6 Å². The zero-order chi connectivity index (χ0) is 25.7. The van der Waals surface area contributed by atoms with Crippen LogP contribution in [0.25, 0.3) is 0 Å². The van der Waals surface area contributed by atoms with E-state index in [4.69, 9.17) is 0 Å². The van der Waals surface area contributed by atoms with E-state index in [1.165, 1.54) is 36.9 Å². The van der Waals surface area contributed by atoms with Crippen LogP contribution in [0.4, 0.5) is 22.4 Å². The predicted molar refractivity (Wildman–Crippen MR) is 149 cm³/mol. The number of hydrogen-bond donors (Lipinski definition) is 5.